The third kappa shape index (κ3) is 5.09. The molecule has 174 valence electrons. The number of thiophene rings is 1. The lowest BCUT2D eigenvalue weighted by molar-refractivity contribution is -0.137. The molecule has 3 aromatic rings. The lowest BCUT2D eigenvalue weighted by Gasteiger charge is -2.30. The van der Waals surface area contributed by atoms with E-state index in [1.807, 2.05) is 19.1 Å². The van der Waals surface area contributed by atoms with Crippen LogP contribution in [0.5, 0.6) is 0 Å². The molecule has 3 heterocycles. The van der Waals surface area contributed by atoms with Gasteiger partial charge in [0.25, 0.3) is 0 Å². The number of benzene rings is 1. The van der Waals surface area contributed by atoms with Crippen molar-refractivity contribution < 1.29 is 23.1 Å². The van der Waals surface area contributed by atoms with E-state index in [1.165, 1.54) is 11.4 Å². The highest BCUT2D eigenvalue weighted by Crippen LogP contribution is 2.38. The maximum atomic E-state index is 13.6. The summed E-state index contributed by atoms with van der Waals surface area (Å²) in [6, 6.07) is 7.10. The van der Waals surface area contributed by atoms with E-state index in [0.29, 0.717) is 12.1 Å². The second-order valence-electron chi connectivity index (χ2n) is 7.52. The van der Waals surface area contributed by atoms with Crippen LogP contribution < -0.4 is 15.5 Å². The number of carbonyl (C=O) groups is 1. The number of anilines is 3. The molecule has 0 saturated carbocycles. The van der Waals surface area contributed by atoms with Crippen LogP contribution in [0.1, 0.15) is 28.4 Å². The number of nitrogens with one attached hydrogen (secondary N) is 2. The summed E-state index contributed by atoms with van der Waals surface area (Å²) >= 11 is 0.892. The second kappa shape index (κ2) is 9.36. The Kier molecular flexibility index (Phi) is 6.52. The normalized spacial score (nSPS) is 14.4. The minimum atomic E-state index is -4.68. The molecule has 33 heavy (non-hydrogen) atoms. The van der Waals surface area contributed by atoms with Gasteiger partial charge in [-0.2, -0.15) is 13.2 Å². The van der Waals surface area contributed by atoms with Gasteiger partial charge in [0.05, 0.1) is 16.1 Å². The van der Waals surface area contributed by atoms with E-state index in [0.717, 1.165) is 55.0 Å². The molecule has 2 aromatic heterocycles. The predicted octanol–water partition coefficient (Wildman–Crippen LogP) is 4.64. The fraction of sp³-hybridized carbons (Fsp3) is 0.318. The Labute approximate surface area is 192 Å². The fourth-order valence-corrected chi connectivity index (χ4v) is 4.53. The molecular weight excluding hydrogens is 455 g/mol. The standard InChI is InChI=1S/C22H22F3N5O2S/c1-2-13-9-15(30-7-5-26-6-8-30)3-4-17(13)28-21-27-11-16(22(23,24)25)19(29-21)18-10-14(12-33-18)20(31)32/h3-4,9-12,26H,2,5-8H2,1H3,(H,31,32)(H,27,28,29). The molecule has 1 aliphatic heterocycles. The third-order valence-electron chi connectivity index (χ3n) is 5.37. The van der Waals surface area contributed by atoms with Crippen LogP contribution >= 0.6 is 11.3 Å². The number of hydrogen-bond acceptors (Lipinski definition) is 7. The van der Waals surface area contributed by atoms with Crippen molar-refractivity contribution in [3.63, 3.8) is 0 Å². The molecule has 7 nitrogen and oxygen atoms in total. The molecule has 4 rings (SSSR count). The van der Waals surface area contributed by atoms with Gasteiger partial charge in [-0.15, -0.1) is 11.3 Å². The number of nitrogens with zero attached hydrogens (tertiary/aromatic N) is 3. The zero-order valence-electron chi connectivity index (χ0n) is 17.7. The number of aromatic nitrogens is 2. The van der Waals surface area contributed by atoms with Crippen LogP contribution in [0.3, 0.4) is 0 Å². The van der Waals surface area contributed by atoms with Gasteiger partial charge >= 0.3 is 12.1 Å². The summed E-state index contributed by atoms with van der Waals surface area (Å²) in [5.41, 5.74) is 1.32. The summed E-state index contributed by atoms with van der Waals surface area (Å²) in [5, 5.41) is 16.8. The van der Waals surface area contributed by atoms with Crippen LogP contribution in [-0.2, 0) is 12.6 Å². The van der Waals surface area contributed by atoms with Crippen molar-refractivity contribution in [3.8, 4) is 10.6 Å². The third-order valence-corrected chi connectivity index (χ3v) is 6.31. The summed E-state index contributed by atoms with van der Waals surface area (Å²) in [4.78, 5) is 21.6. The van der Waals surface area contributed by atoms with Gasteiger partial charge in [-0.1, -0.05) is 6.92 Å². The Balaban J connectivity index is 1.67. The molecule has 3 N–H and O–H groups in total. The van der Waals surface area contributed by atoms with Crippen LogP contribution in [0.15, 0.2) is 35.8 Å². The van der Waals surface area contributed by atoms with Gasteiger partial charge in [0.1, 0.15) is 5.56 Å². The summed E-state index contributed by atoms with van der Waals surface area (Å²) in [6.45, 7) is 5.63. The SMILES string of the molecule is CCc1cc(N2CCNCC2)ccc1Nc1ncc(C(F)(F)F)c(-c2cc(C(=O)O)cs2)n1. The van der Waals surface area contributed by atoms with Crippen molar-refractivity contribution in [1.82, 2.24) is 15.3 Å². The molecule has 1 fully saturated rings. The number of rotatable bonds is 6. The molecule has 0 bridgehead atoms. The molecule has 11 heteroatoms. The van der Waals surface area contributed by atoms with Gasteiger partial charge in [-0.3, -0.25) is 0 Å². The number of carboxylic acids is 1. The maximum absolute atomic E-state index is 13.6. The monoisotopic (exact) mass is 477 g/mol. The highest BCUT2D eigenvalue weighted by molar-refractivity contribution is 7.13. The van der Waals surface area contributed by atoms with Crippen molar-refractivity contribution in [3.05, 3.63) is 52.5 Å². The Morgan fingerprint density at radius 1 is 1.27 bits per heavy atom. The van der Waals surface area contributed by atoms with Crippen molar-refractivity contribution in [1.29, 1.82) is 0 Å². The van der Waals surface area contributed by atoms with Crippen molar-refractivity contribution in [2.45, 2.75) is 19.5 Å². The average molecular weight is 478 g/mol. The van der Waals surface area contributed by atoms with Gasteiger partial charge < -0.3 is 20.6 Å². The zero-order chi connectivity index (χ0) is 23.6. The van der Waals surface area contributed by atoms with Gasteiger partial charge in [-0.25, -0.2) is 14.8 Å². The lowest BCUT2D eigenvalue weighted by atomic mass is 10.1. The quantitative estimate of drug-likeness (QED) is 0.477. The fourth-order valence-electron chi connectivity index (χ4n) is 3.64. The number of aryl methyl sites for hydroxylation is 1. The minimum Gasteiger partial charge on any atom is -0.478 e. The van der Waals surface area contributed by atoms with Crippen LogP contribution in [0.2, 0.25) is 0 Å². The first-order valence-electron chi connectivity index (χ1n) is 10.4. The maximum Gasteiger partial charge on any atom is 0.420 e. The van der Waals surface area contributed by atoms with E-state index in [1.54, 1.807) is 0 Å². The number of aromatic carboxylic acids is 1. The Hall–Kier alpha value is -3.18. The Bertz CT molecular complexity index is 1160. The van der Waals surface area contributed by atoms with Gasteiger partial charge in [0, 0.05) is 49.1 Å². The van der Waals surface area contributed by atoms with Gasteiger partial charge in [0.2, 0.25) is 5.95 Å². The van der Waals surface area contributed by atoms with E-state index in [4.69, 9.17) is 5.11 Å². The highest BCUT2D eigenvalue weighted by Gasteiger charge is 2.36. The molecule has 0 amide bonds. The van der Waals surface area contributed by atoms with Gasteiger partial charge in [-0.05, 0) is 36.2 Å². The minimum absolute atomic E-state index is 0.00731. The largest absolute Gasteiger partial charge is 0.478 e. The van der Waals surface area contributed by atoms with E-state index in [-0.39, 0.29) is 22.1 Å². The molecule has 1 saturated heterocycles. The molecule has 0 aliphatic carbocycles. The van der Waals surface area contributed by atoms with Crippen LogP contribution in [0.4, 0.5) is 30.5 Å². The lowest BCUT2D eigenvalue weighted by Crippen LogP contribution is -2.43. The molecule has 0 radical (unpaired) electrons. The number of hydrogen-bond donors (Lipinski definition) is 3. The second-order valence-corrected chi connectivity index (χ2v) is 8.43. The van der Waals surface area contributed by atoms with E-state index < -0.39 is 17.7 Å². The predicted molar refractivity (Wildman–Crippen MR) is 121 cm³/mol. The van der Waals surface area contributed by atoms with Crippen molar-refractivity contribution in [2.24, 2.45) is 0 Å². The molecular formula is C22H22F3N5O2S. The summed E-state index contributed by atoms with van der Waals surface area (Å²) in [6.07, 6.45) is -3.24. The summed E-state index contributed by atoms with van der Waals surface area (Å²) < 4.78 is 40.7. The number of alkyl halides is 3. The summed E-state index contributed by atoms with van der Waals surface area (Å²) in [7, 11) is 0. The van der Waals surface area contributed by atoms with Crippen LogP contribution in [0, 0.1) is 0 Å². The topological polar surface area (TPSA) is 90.4 Å². The van der Waals surface area contributed by atoms with Crippen LogP contribution in [-0.4, -0.2) is 47.2 Å². The molecule has 0 unspecified atom stereocenters. The van der Waals surface area contributed by atoms with Gasteiger partial charge in [0.15, 0.2) is 0 Å². The first kappa shape index (κ1) is 23.0. The number of piperazine rings is 1. The van der Waals surface area contributed by atoms with Crippen LogP contribution in [0.25, 0.3) is 10.6 Å². The molecule has 0 spiro atoms. The Morgan fingerprint density at radius 2 is 2.03 bits per heavy atom. The number of halogens is 3. The van der Waals surface area contributed by atoms with Crippen molar-refractivity contribution >= 4 is 34.6 Å². The Morgan fingerprint density at radius 3 is 2.67 bits per heavy atom. The zero-order valence-corrected chi connectivity index (χ0v) is 18.6. The molecule has 0 atom stereocenters. The summed E-state index contributed by atoms with van der Waals surface area (Å²) in [5.74, 6) is -1.21. The smallest absolute Gasteiger partial charge is 0.420 e. The highest BCUT2D eigenvalue weighted by atomic mass is 32.1. The van der Waals surface area contributed by atoms with E-state index in [9.17, 15) is 18.0 Å². The first-order valence-corrected chi connectivity index (χ1v) is 11.3. The van der Waals surface area contributed by atoms with E-state index in [2.05, 4.69) is 31.6 Å². The molecule has 1 aromatic carbocycles. The van der Waals surface area contributed by atoms with E-state index >= 15 is 0 Å². The van der Waals surface area contributed by atoms with Crippen molar-refractivity contribution in [2.75, 3.05) is 36.4 Å². The average Bonchev–Trinajstić information content (AvgIpc) is 3.30. The first-order chi connectivity index (χ1) is 15.8. The molecule has 1 aliphatic rings. The number of carboxylic acid groups (broad SMARTS) is 1.